The standard InChI is InChI=1S/C15H21N3O3/c1-16-15(20)17-14(19)10-18(12-5-6-12)9-11-3-7-13(21-2)8-4-11/h3-4,7-8,12H,5-6,9-10H2,1-2H3,(H2,16,17,19,20). The van der Waals surface area contributed by atoms with Gasteiger partial charge in [-0.25, -0.2) is 4.79 Å². The van der Waals surface area contributed by atoms with E-state index in [0.29, 0.717) is 12.6 Å². The van der Waals surface area contributed by atoms with Gasteiger partial charge in [-0.3, -0.25) is 15.0 Å². The Bertz CT molecular complexity index is 497. The fourth-order valence-corrected chi connectivity index (χ4v) is 2.13. The van der Waals surface area contributed by atoms with Gasteiger partial charge in [0.15, 0.2) is 0 Å². The Morgan fingerprint density at radius 2 is 1.95 bits per heavy atom. The average molecular weight is 291 g/mol. The van der Waals surface area contributed by atoms with Gasteiger partial charge < -0.3 is 10.1 Å². The molecule has 0 atom stereocenters. The zero-order chi connectivity index (χ0) is 15.2. The molecule has 1 aromatic carbocycles. The maximum Gasteiger partial charge on any atom is 0.321 e. The first-order chi connectivity index (χ1) is 10.1. The fourth-order valence-electron chi connectivity index (χ4n) is 2.13. The summed E-state index contributed by atoms with van der Waals surface area (Å²) in [5, 5.41) is 4.67. The monoisotopic (exact) mass is 291 g/mol. The molecule has 0 aromatic heterocycles. The number of ether oxygens (including phenoxy) is 1. The Morgan fingerprint density at radius 3 is 2.48 bits per heavy atom. The summed E-state index contributed by atoms with van der Waals surface area (Å²) >= 11 is 0. The Balaban J connectivity index is 1.92. The van der Waals surface area contributed by atoms with Gasteiger partial charge in [-0.2, -0.15) is 0 Å². The predicted octanol–water partition coefficient (Wildman–Crippen LogP) is 1.12. The number of benzene rings is 1. The highest BCUT2D eigenvalue weighted by Gasteiger charge is 2.30. The number of amides is 3. The van der Waals surface area contributed by atoms with Crippen LogP contribution in [0, 0.1) is 0 Å². The molecule has 1 fully saturated rings. The minimum Gasteiger partial charge on any atom is -0.497 e. The molecular weight excluding hydrogens is 270 g/mol. The Kier molecular flexibility index (Phi) is 5.16. The molecule has 1 aliphatic rings. The van der Waals surface area contributed by atoms with Crippen LogP contribution in [-0.2, 0) is 11.3 Å². The third kappa shape index (κ3) is 4.75. The van der Waals surface area contributed by atoms with E-state index in [1.54, 1.807) is 7.11 Å². The predicted molar refractivity (Wildman–Crippen MR) is 79.0 cm³/mol. The van der Waals surface area contributed by atoms with Crippen LogP contribution in [0.25, 0.3) is 0 Å². The number of hydrogen-bond donors (Lipinski definition) is 2. The van der Waals surface area contributed by atoms with Crippen molar-refractivity contribution in [2.45, 2.75) is 25.4 Å². The van der Waals surface area contributed by atoms with Crippen LogP contribution in [0.2, 0.25) is 0 Å². The number of urea groups is 1. The van der Waals surface area contributed by atoms with Gasteiger partial charge in [0, 0.05) is 19.6 Å². The molecule has 0 bridgehead atoms. The quantitative estimate of drug-likeness (QED) is 0.824. The molecule has 2 N–H and O–H groups in total. The van der Waals surface area contributed by atoms with Crippen molar-refractivity contribution in [3.05, 3.63) is 29.8 Å². The van der Waals surface area contributed by atoms with E-state index in [-0.39, 0.29) is 12.5 Å². The minimum atomic E-state index is -0.472. The molecule has 1 saturated carbocycles. The zero-order valence-electron chi connectivity index (χ0n) is 12.4. The molecule has 6 nitrogen and oxygen atoms in total. The van der Waals surface area contributed by atoms with E-state index < -0.39 is 6.03 Å². The number of carbonyl (C=O) groups excluding carboxylic acids is 2. The maximum absolute atomic E-state index is 11.8. The zero-order valence-corrected chi connectivity index (χ0v) is 12.4. The molecule has 0 saturated heterocycles. The number of carbonyl (C=O) groups is 2. The first-order valence-corrected chi connectivity index (χ1v) is 7.01. The van der Waals surface area contributed by atoms with E-state index in [2.05, 4.69) is 15.5 Å². The van der Waals surface area contributed by atoms with Crippen molar-refractivity contribution in [3.63, 3.8) is 0 Å². The summed E-state index contributed by atoms with van der Waals surface area (Å²) in [5.41, 5.74) is 1.12. The highest BCUT2D eigenvalue weighted by atomic mass is 16.5. The van der Waals surface area contributed by atoms with Crippen LogP contribution in [0.3, 0.4) is 0 Å². The molecule has 1 aliphatic carbocycles. The van der Waals surface area contributed by atoms with Crippen molar-refractivity contribution >= 4 is 11.9 Å². The van der Waals surface area contributed by atoms with E-state index >= 15 is 0 Å². The van der Waals surface area contributed by atoms with E-state index in [4.69, 9.17) is 4.74 Å². The smallest absolute Gasteiger partial charge is 0.321 e. The third-order valence-electron chi connectivity index (χ3n) is 3.43. The molecule has 1 aromatic rings. The summed E-state index contributed by atoms with van der Waals surface area (Å²) in [5.74, 6) is 0.531. The number of nitrogens with zero attached hydrogens (tertiary/aromatic N) is 1. The normalized spacial score (nSPS) is 13.9. The maximum atomic E-state index is 11.8. The van der Waals surface area contributed by atoms with Gasteiger partial charge in [-0.1, -0.05) is 12.1 Å². The number of methoxy groups -OCH3 is 1. The minimum absolute atomic E-state index is 0.226. The second kappa shape index (κ2) is 7.08. The van der Waals surface area contributed by atoms with Gasteiger partial charge in [0.05, 0.1) is 13.7 Å². The summed E-state index contributed by atoms with van der Waals surface area (Å²) in [4.78, 5) is 25.1. The molecule has 2 rings (SSSR count). The van der Waals surface area contributed by atoms with Gasteiger partial charge >= 0.3 is 6.03 Å². The molecule has 0 unspecified atom stereocenters. The number of hydrogen-bond acceptors (Lipinski definition) is 4. The Hall–Kier alpha value is -2.08. The molecule has 3 amide bonds. The largest absolute Gasteiger partial charge is 0.497 e. The van der Waals surface area contributed by atoms with Gasteiger partial charge in [-0.05, 0) is 30.5 Å². The lowest BCUT2D eigenvalue weighted by Crippen LogP contribution is -2.43. The summed E-state index contributed by atoms with van der Waals surface area (Å²) in [6.45, 7) is 0.917. The van der Waals surface area contributed by atoms with Gasteiger partial charge in [0.2, 0.25) is 5.91 Å². The highest BCUT2D eigenvalue weighted by molar-refractivity contribution is 5.95. The summed E-state index contributed by atoms with van der Waals surface area (Å²) < 4.78 is 5.13. The van der Waals surface area contributed by atoms with Crippen molar-refractivity contribution in [1.82, 2.24) is 15.5 Å². The first kappa shape index (κ1) is 15.3. The molecule has 0 heterocycles. The molecule has 114 valence electrons. The Labute approximate surface area is 124 Å². The van der Waals surface area contributed by atoms with Crippen LogP contribution in [-0.4, -0.2) is 43.6 Å². The fraction of sp³-hybridized carbons (Fsp3) is 0.467. The van der Waals surface area contributed by atoms with Crippen molar-refractivity contribution in [1.29, 1.82) is 0 Å². The topological polar surface area (TPSA) is 70.7 Å². The van der Waals surface area contributed by atoms with E-state index in [9.17, 15) is 9.59 Å². The van der Waals surface area contributed by atoms with Crippen LogP contribution in [0.1, 0.15) is 18.4 Å². The number of imide groups is 1. The van der Waals surface area contributed by atoms with Crippen molar-refractivity contribution in [3.8, 4) is 5.75 Å². The van der Waals surface area contributed by atoms with Crippen molar-refractivity contribution in [2.24, 2.45) is 0 Å². The van der Waals surface area contributed by atoms with E-state index in [0.717, 1.165) is 24.2 Å². The van der Waals surface area contributed by atoms with Gasteiger partial charge in [0.25, 0.3) is 0 Å². The first-order valence-electron chi connectivity index (χ1n) is 7.01. The van der Waals surface area contributed by atoms with Crippen LogP contribution in [0.15, 0.2) is 24.3 Å². The van der Waals surface area contributed by atoms with E-state index in [1.807, 2.05) is 24.3 Å². The van der Waals surface area contributed by atoms with E-state index in [1.165, 1.54) is 7.05 Å². The van der Waals surface area contributed by atoms with Crippen molar-refractivity contribution in [2.75, 3.05) is 20.7 Å². The average Bonchev–Trinajstić information content (AvgIpc) is 3.31. The highest BCUT2D eigenvalue weighted by Crippen LogP contribution is 2.28. The van der Waals surface area contributed by atoms with Crippen molar-refractivity contribution < 1.29 is 14.3 Å². The van der Waals surface area contributed by atoms with Crippen LogP contribution < -0.4 is 15.4 Å². The second-order valence-electron chi connectivity index (χ2n) is 5.11. The molecule has 0 spiro atoms. The lowest BCUT2D eigenvalue weighted by molar-refractivity contribution is -0.121. The summed E-state index contributed by atoms with van der Waals surface area (Å²) in [6.07, 6.45) is 2.20. The van der Waals surface area contributed by atoms with Gasteiger partial charge in [-0.15, -0.1) is 0 Å². The van der Waals surface area contributed by atoms with Gasteiger partial charge in [0.1, 0.15) is 5.75 Å². The SMILES string of the molecule is CNC(=O)NC(=O)CN(Cc1ccc(OC)cc1)C1CC1. The molecule has 0 radical (unpaired) electrons. The van der Waals surface area contributed by atoms with Crippen LogP contribution >= 0.6 is 0 Å². The van der Waals surface area contributed by atoms with Crippen LogP contribution in [0.4, 0.5) is 4.79 Å². The number of nitrogens with one attached hydrogen (secondary N) is 2. The Morgan fingerprint density at radius 1 is 1.29 bits per heavy atom. The molecule has 6 heteroatoms. The molecule has 21 heavy (non-hydrogen) atoms. The molecular formula is C15H21N3O3. The summed E-state index contributed by atoms with van der Waals surface area (Å²) in [7, 11) is 3.12. The number of rotatable bonds is 6. The summed E-state index contributed by atoms with van der Waals surface area (Å²) in [6, 6.07) is 7.76. The molecule has 0 aliphatic heterocycles. The van der Waals surface area contributed by atoms with Crippen LogP contribution in [0.5, 0.6) is 5.75 Å². The lowest BCUT2D eigenvalue weighted by Gasteiger charge is -2.21. The second-order valence-corrected chi connectivity index (χ2v) is 5.11. The lowest BCUT2D eigenvalue weighted by atomic mass is 10.2. The third-order valence-corrected chi connectivity index (χ3v) is 3.43.